The van der Waals surface area contributed by atoms with E-state index in [2.05, 4.69) is 10.6 Å². The van der Waals surface area contributed by atoms with Crippen LogP contribution in [0.5, 0.6) is 0 Å². The van der Waals surface area contributed by atoms with Gasteiger partial charge in [0.25, 0.3) is 0 Å². The monoisotopic (exact) mass is 668 g/mol. The fourth-order valence-corrected chi connectivity index (χ4v) is 5.24. The van der Waals surface area contributed by atoms with Gasteiger partial charge in [-0.15, -0.1) is 0 Å². The first kappa shape index (κ1) is 38.3. The van der Waals surface area contributed by atoms with Crippen LogP contribution in [0.1, 0.15) is 75.4 Å². The van der Waals surface area contributed by atoms with Crippen molar-refractivity contribution in [2.45, 2.75) is 97.6 Å². The summed E-state index contributed by atoms with van der Waals surface area (Å²) in [6.07, 6.45) is -0.625. The number of carbonyl (C=O) groups is 4. The Labute approximate surface area is 289 Å². The summed E-state index contributed by atoms with van der Waals surface area (Å²) in [5.74, 6) is -2.00. The zero-order valence-electron chi connectivity index (χ0n) is 29.7. The number of benzene rings is 3. The van der Waals surface area contributed by atoms with Crippen molar-refractivity contribution in [1.82, 2.24) is 15.5 Å². The molecule has 3 atom stereocenters. The summed E-state index contributed by atoms with van der Waals surface area (Å²) >= 11 is 0. The molecule has 49 heavy (non-hydrogen) atoms. The number of ether oxygens (including phenoxy) is 2. The minimum absolute atomic E-state index is 0.0660. The third-order valence-corrected chi connectivity index (χ3v) is 7.38. The molecular weight excluding hydrogens is 620 g/mol. The number of alkyl carbamates (subject to hydrolysis) is 1. The molecule has 3 amide bonds. The topological polar surface area (TPSA) is 138 Å². The van der Waals surface area contributed by atoms with Crippen molar-refractivity contribution in [2.75, 3.05) is 6.54 Å². The van der Waals surface area contributed by atoms with E-state index < -0.39 is 59.7 Å². The van der Waals surface area contributed by atoms with Gasteiger partial charge in [-0.2, -0.15) is 5.26 Å². The second-order valence-electron chi connectivity index (χ2n) is 14.1. The normalized spacial score (nSPS) is 13.2. The highest BCUT2D eigenvalue weighted by molar-refractivity contribution is 5.94. The minimum Gasteiger partial charge on any atom is -0.458 e. The van der Waals surface area contributed by atoms with E-state index in [1.807, 2.05) is 85.8 Å². The van der Waals surface area contributed by atoms with Gasteiger partial charge >= 0.3 is 12.1 Å². The van der Waals surface area contributed by atoms with Gasteiger partial charge in [0.2, 0.25) is 11.8 Å². The van der Waals surface area contributed by atoms with Crippen LogP contribution in [0.25, 0.3) is 0 Å². The lowest BCUT2D eigenvalue weighted by Gasteiger charge is -2.34. The molecule has 0 aliphatic carbocycles. The molecule has 10 nitrogen and oxygen atoms in total. The summed E-state index contributed by atoms with van der Waals surface area (Å²) in [6.45, 7) is 13.5. The number of nitrogens with zero attached hydrogens (tertiary/aromatic N) is 2. The molecule has 260 valence electrons. The Bertz CT molecular complexity index is 1640. The number of aryl methyl sites for hydroxylation is 2. The first-order valence-corrected chi connectivity index (χ1v) is 16.3. The molecule has 3 aromatic carbocycles. The van der Waals surface area contributed by atoms with Gasteiger partial charge in [-0.3, -0.25) is 9.59 Å². The number of nitrogens with one attached hydrogen (secondary N) is 2. The van der Waals surface area contributed by atoms with Crippen LogP contribution in [0.15, 0.2) is 78.9 Å². The molecule has 2 N–H and O–H groups in total. The number of hydrogen-bond acceptors (Lipinski definition) is 7. The zero-order valence-corrected chi connectivity index (χ0v) is 29.7. The van der Waals surface area contributed by atoms with Crippen LogP contribution >= 0.6 is 0 Å². The standard InChI is InChI=1S/C39H48N4O6/c1-26-19-20-27(2)30(23-26)33(34(44)41-32(36(46)48-38(3,4)5)25-29-17-13-10-14-18-29)43(22-21-40)35(45)31(24-28-15-11-9-12-16-28)42-37(47)49-39(6,7)8/h9-20,23,31-33H,22,24-25H2,1-8H3,(H,41,44)(H,42,47). The Kier molecular flexibility index (Phi) is 13.1. The molecule has 0 heterocycles. The Morgan fingerprint density at radius 2 is 1.29 bits per heavy atom. The summed E-state index contributed by atoms with van der Waals surface area (Å²) in [7, 11) is 0. The summed E-state index contributed by atoms with van der Waals surface area (Å²) < 4.78 is 11.2. The first-order valence-electron chi connectivity index (χ1n) is 16.3. The van der Waals surface area contributed by atoms with E-state index in [1.54, 1.807) is 54.5 Å². The third-order valence-electron chi connectivity index (χ3n) is 7.38. The minimum atomic E-state index is -1.34. The number of esters is 1. The molecule has 0 aliphatic rings. The molecule has 10 heteroatoms. The SMILES string of the molecule is Cc1ccc(C)c(C(C(=O)NC(Cc2ccccc2)C(=O)OC(C)(C)C)N(CC#N)C(=O)C(Cc2ccccc2)NC(=O)OC(C)(C)C)c1. The molecule has 0 aliphatic heterocycles. The molecule has 3 rings (SSSR count). The third kappa shape index (κ3) is 12.1. The average molecular weight is 669 g/mol. The van der Waals surface area contributed by atoms with Crippen LogP contribution in [0, 0.1) is 25.2 Å². The second kappa shape index (κ2) is 16.8. The van der Waals surface area contributed by atoms with Crippen LogP contribution in [-0.2, 0) is 36.7 Å². The molecule has 3 unspecified atom stereocenters. The fourth-order valence-electron chi connectivity index (χ4n) is 5.24. The van der Waals surface area contributed by atoms with E-state index in [0.717, 1.165) is 21.6 Å². The molecule has 3 aromatic rings. The molecule has 0 bridgehead atoms. The van der Waals surface area contributed by atoms with E-state index in [9.17, 15) is 24.4 Å². The largest absolute Gasteiger partial charge is 0.458 e. The van der Waals surface area contributed by atoms with E-state index in [-0.39, 0.29) is 12.8 Å². The van der Waals surface area contributed by atoms with Gasteiger partial charge < -0.3 is 25.0 Å². The molecule has 0 spiro atoms. The van der Waals surface area contributed by atoms with Crippen molar-refractivity contribution in [1.29, 1.82) is 5.26 Å². The highest BCUT2D eigenvalue weighted by atomic mass is 16.6. The maximum absolute atomic E-state index is 14.6. The highest BCUT2D eigenvalue weighted by Gasteiger charge is 2.39. The summed E-state index contributed by atoms with van der Waals surface area (Å²) in [5, 5.41) is 15.6. The molecule has 0 aromatic heterocycles. The number of hydrogen-bond donors (Lipinski definition) is 2. The molecular formula is C39H48N4O6. The summed E-state index contributed by atoms with van der Waals surface area (Å²) in [6, 6.07) is 22.2. The van der Waals surface area contributed by atoms with Crippen molar-refractivity contribution in [3.8, 4) is 6.07 Å². The van der Waals surface area contributed by atoms with Crippen molar-refractivity contribution < 1.29 is 28.7 Å². The predicted molar refractivity (Wildman–Crippen MR) is 187 cm³/mol. The van der Waals surface area contributed by atoms with Crippen LogP contribution in [0.3, 0.4) is 0 Å². The molecule has 0 saturated heterocycles. The highest BCUT2D eigenvalue weighted by Crippen LogP contribution is 2.28. The van der Waals surface area contributed by atoms with Crippen LogP contribution in [0.4, 0.5) is 4.79 Å². The lowest BCUT2D eigenvalue weighted by atomic mass is 9.95. The van der Waals surface area contributed by atoms with Crippen molar-refractivity contribution >= 4 is 23.9 Å². The van der Waals surface area contributed by atoms with Gasteiger partial charge in [0.05, 0.1) is 6.07 Å². The van der Waals surface area contributed by atoms with Crippen molar-refractivity contribution in [3.63, 3.8) is 0 Å². The summed E-state index contributed by atoms with van der Waals surface area (Å²) in [4.78, 5) is 56.8. The van der Waals surface area contributed by atoms with Crippen LogP contribution in [-0.4, -0.2) is 58.6 Å². The Balaban J connectivity index is 2.12. The Morgan fingerprint density at radius 1 is 0.755 bits per heavy atom. The van der Waals surface area contributed by atoms with Gasteiger partial charge in [0, 0.05) is 12.8 Å². The number of carbonyl (C=O) groups excluding carboxylic acids is 4. The zero-order chi connectivity index (χ0) is 36.4. The smallest absolute Gasteiger partial charge is 0.408 e. The Morgan fingerprint density at radius 3 is 1.80 bits per heavy atom. The fraction of sp³-hybridized carbons (Fsp3) is 0.410. The van der Waals surface area contributed by atoms with Gasteiger partial charge in [-0.05, 0) is 77.6 Å². The number of nitriles is 1. The van der Waals surface area contributed by atoms with Crippen molar-refractivity contribution in [2.24, 2.45) is 0 Å². The van der Waals surface area contributed by atoms with E-state index in [1.165, 1.54) is 0 Å². The van der Waals surface area contributed by atoms with Crippen LogP contribution < -0.4 is 10.6 Å². The number of rotatable bonds is 12. The van der Waals surface area contributed by atoms with Crippen molar-refractivity contribution in [3.05, 3.63) is 107 Å². The maximum Gasteiger partial charge on any atom is 0.408 e. The lowest BCUT2D eigenvalue weighted by Crippen LogP contribution is -2.55. The number of amides is 3. The molecule has 0 radical (unpaired) electrons. The van der Waals surface area contributed by atoms with Gasteiger partial charge in [-0.1, -0.05) is 84.4 Å². The van der Waals surface area contributed by atoms with Gasteiger partial charge in [0.15, 0.2) is 0 Å². The lowest BCUT2D eigenvalue weighted by molar-refractivity contribution is -0.159. The predicted octanol–water partition coefficient (Wildman–Crippen LogP) is 5.90. The van der Waals surface area contributed by atoms with Gasteiger partial charge in [-0.25, -0.2) is 9.59 Å². The van der Waals surface area contributed by atoms with E-state index in [4.69, 9.17) is 9.47 Å². The van der Waals surface area contributed by atoms with Gasteiger partial charge in [0.1, 0.15) is 35.9 Å². The maximum atomic E-state index is 14.6. The molecule has 0 saturated carbocycles. The van der Waals surface area contributed by atoms with E-state index >= 15 is 0 Å². The first-order chi connectivity index (χ1) is 23.0. The van der Waals surface area contributed by atoms with E-state index in [0.29, 0.717) is 11.1 Å². The summed E-state index contributed by atoms with van der Waals surface area (Å²) in [5.41, 5.74) is 1.85. The quantitative estimate of drug-likeness (QED) is 0.181. The Hall–Kier alpha value is -5.17. The second-order valence-corrected chi connectivity index (χ2v) is 14.1. The van der Waals surface area contributed by atoms with Crippen LogP contribution in [0.2, 0.25) is 0 Å². The average Bonchev–Trinajstić information content (AvgIpc) is 3.00. The molecule has 0 fully saturated rings.